The molecule has 2 heteroatoms. The quantitative estimate of drug-likeness (QED) is 0.819. The summed E-state index contributed by atoms with van der Waals surface area (Å²) in [6, 6.07) is 9.20. The molecule has 1 unspecified atom stereocenters. The number of aromatic nitrogens is 1. The van der Waals surface area contributed by atoms with E-state index < -0.39 is 0 Å². The summed E-state index contributed by atoms with van der Waals surface area (Å²) < 4.78 is 0. The van der Waals surface area contributed by atoms with Crippen LogP contribution in [-0.4, -0.2) is 11.0 Å². The topological polar surface area (TPSA) is 24.9 Å². The Bertz CT molecular complexity index is 668. The van der Waals surface area contributed by atoms with Crippen LogP contribution in [0, 0.1) is 12.8 Å². The fraction of sp³-hybridized carbons (Fsp3) is 0.353. The average molecular weight is 250 g/mol. The summed E-state index contributed by atoms with van der Waals surface area (Å²) in [5.74, 6) is 1.92. The zero-order valence-corrected chi connectivity index (χ0v) is 11.2. The fourth-order valence-electron chi connectivity index (χ4n) is 2.76. The summed E-state index contributed by atoms with van der Waals surface area (Å²) in [4.78, 5) is 4.76. The second-order valence-electron chi connectivity index (χ2n) is 5.87. The Kier molecular flexibility index (Phi) is 2.37. The zero-order chi connectivity index (χ0) is 12.8. The lowest BCUT2D eigenvalue weighted by atomic mass is 10.1. The molecule has 1 saturated carbocycles. The highest BCUT2D eigenvalue weighted by molar-refractivity contribution is 5.83. The lowest BCUT2D eigenvalue weighted by molar-refractivity contribution is 0.911. The molecule has 1 fully saturated rings. The summed E-state index contributed by atoms with van der Waals surface area (Å²) >= 11 is 0. The molecule has 1 aliphatic heterocycles. The molecular formula is C17H18N2. The maximum absolute atomic E-state index is 4.76. The van der Waals surface area contributed by atoms with Gasteiger partial charge < -0.3 is 5.32 Å². The van der Waals surface area contributed by atoms with Gasteiger partial charge in [-0.3, -0.25) is 0 Å². The van der Waals surface area contributed by atoms with Crippen molar-refractivity contribution >= 4 is 16.7 Å². The van der Waals surface area contributed by atoms with E-state index in [1.807, 2.05) is 0 Å². The van der Waals surface area contributed by atoms with Crippen molar-refractivity contribution in [3.05, 3.63) is 47.5 Å². The van der Waals surface area contributed by atoms with Gasteiger partial charge in [0.2, 0.25) is 0 Å². The van der Waals surface area contributed by atoms with Gasteiger partial charge in [0.05, 0.1) is 11.6 Å². The summed E-state index contributed by atoms with van der Waals surface area (Å²) in [5, 5.41) is 4.78. The second kappa shape index (κ2) is 4.09. The van der Waals surface area contributed by atoms with Crippen molar-refractivity contribution in [2.75, 3.05) is 5.32 Å². The van der Waals surface area contributed by atoms with E-state index in [0.29, 0.717) is 6.04 Å². The van der Waals surface area contributed by atoms with E-state index in [4.69, 9.17) is 4.98 Å². The van der Waals surface area contributed by atoms with Crippen molar-refractivity contribution in [3.63, 3.8) is 0 Å². The maximum Gasteiger partial charge on any atom is 0.130 e. The summed E-state index contributed by atoms with van der Waals surface area (Å²) in [6.45, 7) is 2.11. The Balaban J connectivity index is 1.66. The van der Waals surface area contributed by atoms with Crippen LogP contribution in [0.3, 0.4) is 0 Å². The molecule has 2 nitrogen and oxygen atoms in total. The molecule has 0 spiro atoms. The second-order valence-corrected chi connectivity index (χ2v) is 5.87. The van der Waals surface area contributed by atoms with Crippen LogP contribution >= 0.6 is 0 Å². The number of rotatable bonds is 2. The Labute approximate surface area is 113 Å². The molecule has 1 aromatic carbocycles. The Hall–Kier alpha value is -1.83. The average Bonchev–Trinajstić information content (AvgIpc) is 3.14. The molecule has 0 saturated heterocycles. The van der Waals surface area contributed by atoms with Crippen LogP contribution in [0.2, 0.25) is 0 Å². The molecule has 1 aliphatic carbocycles. The number of hydrogen-bond acceptors (Lipinski definition) is 2. The summed E-state index contributed by atoms with van der Waals surface area (Å²) in [7, 11) is 0. The molecule has 0 bridgehead atoms. The molecular weight excluding hydrogens is 232 g/mol. The van der Waals surface area contributed by atoms with Crippen molar-refractivity contribution in [2.45, 2.75) is 32.2 Å². The predicted octanol–water partition coefficient (Wildman–Crippen LogP) is 3.85. The van der Waals surface area contributed by atoms with E-state index in [1.54, 1.807) is 0 Å². The molecule has 1 N–H and O–H groups in total. The maximum atomic E-state index is 4.76. The van der Waals surface area contributed by atoms with E-state index in [1.165, 1.54) is 29.4 Å². The van der Waals surface area contributed by atoms with Gasteiger partial charge in [-0.1, -0.05) is 24.3 Å². The van der Waals surface area contributed by atoms with Crippen molar-refractivity contribution in [3.8, 4) is 0 Å². The van der Waals surface area contributed by atoms with Crippen LogP contribution in [0.5, 0.6) is 0 Å². The van der Waals surface area contributed by atoms with E-state index in [9.17, 15) is 0 Å². The molecule has 2 heterocycles. The smallest absolute Gasteiger partial charge is 0.130 e. The highest BCUT2D eigenvalue weighted by Gasteiger charge is 2.22. The number of fused-ring (bicyclic) bond motifs is 2. The minimum Gasteiger partial charge on any atom is -0.363 e. The molecule has 0 amide bonds. The van der Waals surface area contributed by atoms with Crippen LogP contribution < -0.4 is 5.32 Å². The molecule has 0 radical (unpaired) electrons. The van der Waals surface area contributed by atoms with Gasteiger partial charge in [0.1, 0.15) is 5.82 Å². The van der Waals surface area contributed by atoms with E-state index in [2.05, 4.69) is 48.7 Å². The molecule has 1 atom stereocenters. The van der Waals surface area contributed by atoms with E-state index >= 15 is 0 Å². The van der Waals surface area contributed by atoms with Gasteiger partial charge in [0.15, 0.2) is 0 Å². The van der Waals surface area contributed by atoms with E-state index in [0.717, 1.165) is 23.7 Å². The summed E-state index contributed by atoms with van der Waals surface area (Å²) in [5.41, 5.74) is 3.71. The molecule has 4 rings (SSSR count). The SMILES string of the molecule is Cc1ccc2cc3c(nc2c1)NC(/C=C/C1CC1)C3. The first-order valence-corrected chi connectivity index (χ1v) is 7.13. The molecule has 19 heavy (non-hydrogen) atoms. The lowest BCUT2D eigenvalue weighted by Crippen LogP contribution is -2.11. The number of nitrogens with zero attached hydrogens (tertiary/aromatic N) is 1. The molecule has 2 aromatic rings. The van der Waals surface area contributed by atoms with Crippen LogP contribution in [0.1, 0.15) is 24.0 Å². The molecule has 96 valence electrons. The Morgan fingerprint density at radius 2 is 2.11 bits per heavy atom. The third kappa shape index (κ3) is 2.12. The van der Waals surface area contributed by atoms with Crippen molar-refractivity contribution in [2.24, 2.45) is 5.92 Å². The van der Waals surface area contributed by atoms with Gasteiger partial charge in [-0.2, -0.15) is 0 Å². The van der Waals surface area contributed by atoms with Crippen LogP contribution in [0.15, 0.2) is 36.4 Å². The standard InChI is InChI=1S/C17H18N2/c1-11-2-6-13-9-14-10-15(7-5-12-3-4-12)18-17(14)19-16(13)8-11/h2,5-9,12,15H,3-4,10H2,1H3,(H,18,19)/b7-5+. The predicted molar refractivity (Wildman–Crippen MR) is 79.5 cm³/mol. The first kappa shape index (κ1) is 11.0. The molecule has 2 aliphatic rings. The highest BCUT2D eigenvalue weighted by atomic mass is 15.0. The number of hydrogen-bond donors (Lipinski definition) is 1. The largest absolute Gasteiger partial charge is 0.363 e. The van der Waals surface area contributed by atoms with Gasteiger partial charge in [-0.25, -0.2) is 4.98 Å². The number of anilines is 1. The zero-order valence-electron chi connectivity index (χ0n) is 11.2. The Morgan fingerprint density at radius 1 is 1.21 bits per heavy atom. The number of benzene rings is 1. The monoisotopic (exact) mass is 250 g/mol. The first-order chi connectivity index (χ1) is 9.28. The number of pyridine rings is 1. The fourth-order valence-corrected chi connectivity index (χ4v) is 2.76. The van der Waals surface area contributed by atoms with Crippen LogP contribution in [-0.2, 0) is 6.42 Å². The van der Waals surface area contributed by atoms with Crippen LogP contribution in [0.25, 0.3) is 10.9 Å². The van der Waals surface area contributed by atoms with E-state index in [-0.39, 0.29) is 0 Å². The van der Waals surface area contributed by atoms with Gasteiger partial charge in [0.25, 0.3) is 0 Å². The third-order valence-electron chi connectivity index (χ3n) is 4.05. The first-order valence-electron chi connectivity index (χ1n) is 7.13. The summed E-state index contributed by atoms with van der Waals surface area (Å²) in [6.07, 6.45) is 8.51. The minimum absolute atomic E-state index is 0.431. The number of aryl methyl sites for hydroxylation is 1. The van der Waals surface area contributed by atoms with Crippen molar-refractivity contribution in [1.29, 1.82) is 0 Å². The highest BCUT2D eigenvalue weighted by Crippen LogP contribution is 2.32. The van der Waals surface area contributed by atoms with Gasteiger partial charge >= 0.3 is 0 Å². The normalized spacial score (nSPS) is 21.8. The van der Waals surface area contributed by atoms with Crippen LogP contribution in [0.4, 0.5) is 5.82 Å². The third-order valence-corrected chi connectivity index (χ3v) is 4.05. The minimum atomic E-state index is 0.431. The number of nitrogens with one attached hydrogen (secondary N) is 1. The number of allylic oxidation sites excluding steroid dienone is 1. The van der Waals surface area contributed by atoms with Crippen molar-refractivity contribution in [1.82, 2.24) is 4.98 Å². The van der Waals surface area contributed by atoms with Crippen molar-refractivity contribution < 1.29 is 0 Å². The van der Waals surface area contributed by atoms with Gasteiger partial charge in [-0.05, 0) is 55.4 Å². The van der Waals surface area contributed by atoms with Gasteiger partial charge in [-0.15, -0.1) is 0 Å². The Morgan fingerprint density at radius 3 is 2.95 bits per heavy atom. The van der Waals surface area contributed by atoms with Gasteiger partial charge in [0, 0.05) is 5.39 Å². The molecule has 1 aromatic heterocycles. The lowest BCUT2D eigenvalue weighted by Gasteiger charge is -2.04.